The second-order valence-corrected chi connectivity index (χ2v) is 9.13. The van der Waals surface area contributed by atoms with Crippen LogP contribution in [0.3, 0.4) is 0 Å². The van der Waals surface area contributed by atoms with Gasteiger partial charge in [-0.05, 0) is 44.5 Å². The fourth-order valence-corrected chi connectivity index (χ4v) is 5.33. The van der Waals surface area contributed by atoms with Crippen molar-refractivity contribution in [3.8, 4) is 0 Å². The first-order valence-corrected chi connectivity index (χ1v) is 11.0. The normalized spacial score (nSPS) is 16.0. The summed E-state index contributed by atoms with van der Waals surface area (Å²) in [4.78, 5) is 12.1. The Hall–Kier alpha value is -2.00. The molecule has 0 unspecified atom stereocenters. The largest absolute Gasteiger partial charge is 0.361 e. The number of aromatic nitrogens is 1. The Kier molecular flexibility index (Phi) is 5.57. The number of carbonyl (C=O) groups is 1. The first-order chi connectivity index (χ1) is 12.4. The van der Waals surface area contributed by atoms with Gasteiger partial charge in [0.15, 0.2) is 0 Å². The van der Waals surface area contributed by atoms with Gasteiger partial charge < -0.3 is 9.84 Å². The predicted octanol–water partition coefficient (Wildman–Crippen LogP) is 2.70. The van der Waals surface area contributed by atoms with E-state index in [-0.39, 0.29) is 11.7 Å². The van der Waals surface area contributed by atoms with Gasteiger partial charge in [0.05, 0.1) is 22.9 Å². The van der Waals surface area contributed by atoms with Crippen LogP contribution in [0.5, 0.6) is 0 Å². The molecule has 1 aromatic heterocycles. The average Bonchev–Trinajstić information content (AvgIpc) is 3.11. The number of nitrogens with one attached hydrogen (secondary N) is 1. The van der Waals surface area contributed by atoms with Crippen LogP contribution in [-0.2, 0) is 20.6 Å². The van der Waals surface area contributed by atoms with Crippen molar-refractivity contribution in [3.05, 3.63) is 41.3 Å². The summed E-state index contributed by atoms with van der Waals surface area (Å²) in [6, 6.07) is 6.88. The van der Waals surface area contributed by atoms with Gasteiger partial charge in [0, 0.05) is 23.5 Å². The molecule has 1 fully saturated rings. The number of nitrogens with zero attached hydrogens (tertiary/aromatic N) is 2. The number of benzene rings is 1. The van der Waals surface area contributed by atoms with Crippen molar-refractivity contribution >= 4 is 39.1 Å². The van der Waals surface area contributed by atoms with Gasteiger partial charge in [0.2, 0.25) is 15.9 Å². The van der Waals surface area contributed by atoms with E-state index in [0.29, 0.717) is 35.8 Å². The fraction of sp³-hybridized carbons (Fsp3) is 0.412. The molecule has 1 saturated heterocycles. The zero-order valence-electron chi connectivity index (χ0n) is 14.7. The fourth-order valence-electron chi connectivity index (χ4n) is 2.79. The molecule has 0 radical (unpaired) electrons. The number of carbonyl (C=O) groups excluding carboxylic acids is 1. The van der Waals surface area contributed by atoms with Gasteiger partial charge in [0.1, 0.15) is 5.76 Å². The number of rotatable bonds is 6. The number of sulfonamides is 1. The maximum atomic E-state index is 12.1. The van der Waals surface area contributed by atoms with Gasteiger partial charge in [0.25, 0.3) is 0 Å². The average molecular weight is 396 g/mol. The van der Waals surface area contributed by atoms with Crippen LogP contribution in [0.2, 0.25) is 0 Å². The molecule has 0 bridgehead atoms. The highest BCUT2D eigenvalue weighted by atomic mass is 32.2. The van der Waals surface area contributed by atoms with E-state index >= 15 is 0 Å². The van der Waals surface area contributed by atoms with Gasteiger partial charge >= 0.3 is 0 Å². The third kappa shape index (κ3) is 4.21. The molecule has 1 N–H and O–H groups in total. The summed E-state index contributed by atoms with van der Waals surface area (Å²) in [6.45, 7) is 4.25. The summed E-state index contributed by atoms with van der Waals surface area (Å²) < 4.78 is 30.4. The Labute approximate surface area is 157 Å². The van der Waals surface area contributed by atoms with E-state index in [4.69, 9.17) is 4.52 Å². The van der Waals surface area contributed by atoms with Crippen LogP contribution in [0.15, 0.2) is 28.8 Å². The van der Waals surface area contributed by atoms with Crippen LogP contribution in [-0.4, -0.2) is 37.5 Å². The van der Waals surface area contributed by atoms with E-state index in [1.165, 1.54) is 16.1 Å². The van der Waals surface area contributed by atoms with Crippen molar-refractivity contribution < 1.29 is 17.7 Å². The minimum Gasteiger partial charge on any atom is -0.361 e. The molecule has 140 valence electrons. The lowest BCUT2D eigenvalue weighted by atomic mass is 10.2. The van der Waals surface area contributed by atoms with Crippen molar-refractivity contribution in [1.29, 1.82) is 0 Å². The summed E-state index contributed by atoms with van der Waals surface area (Å²) >= 11 is 1.49. The standard InChI is InChI=1S/C17H21N3O4S2/c1-12-16(13(2)24-19-12)10-25-11-17(21)18-14-4-6-15(7-5-14)20-8-3-9-26(20,22)23/h4-7H,3,8-11H2,1-2H3,(H,18,21). The summed E-state index contributed by atoms with van der Waals surface area (Å²) in [5.41, 5.74) is 3.16. The van der Waals surface area contributed by atoms with E-state index < -0.39 is 10.0 Å². The summed E-state index contributed by atoms with van der Waals surface area (Å²) in [7, 11) is -3.19. The second-order valence-electron chi connectivity index (χ2n) is 6.13. The van der Waals surface area contributed by atoms with Crippen LogP contribution in [0, 0.1) is 13.8 Å². The molecule has 0 atom stereocenters. The van der Waals surface area contributed by atoms with Crippen molar-refractivity contribution in [2.45, 2.75) is 26.0 Å². The van der Waals surface area contributed by atoms with Gasteiger partial charge in [-0.2, -0.15) is 0 Å². The van der Waals surface area contributed by atoms with E-state index in [1.54, 1.807) is 24.3 Å². The third-order valence-corrected chi connectivity index (χ3v) is 7.03. The van der Waals surface area contributed by atoms with E-state index in [0.717, 1.165) is 17.0 Å². The molecule has 1 amide bonds. The predicted molar refractivity (Wildman–Crippen MR) is 103 cm³/mol. The molecule has 26 heavy (non-hydrogen) atoms. The molecule has 0 spiro atoms. The molecule has 1 aromatic carbocycles. The van der Waals surface area contributed by atoms with Crippen LogP contribution < -0.4 is 9.62 Å². The summed E-state index contributed by atoms with van der Waals surface area (Å²) in [6.07, 6.45) is 0.642. The maximum Gasteiger partial charge on any atom is 0.235 e. The summed E-state index contributed by atoms with van der Waals surface area (Å²) in [5, 5.41) is 6.72. The van der Waals surface area contributed by atoms with Crippen molar-refractivity contribution in [3.63, 3.8) is 0 Å². The van der Waals surface area contributed by atoms with E-state index in [2.05, 4.69) is 10.5 Å². The summed E-state index contributed by atoms with van der Waals surface area (Å²) in [5.74, 6) is 1.84. The first-order valence-electron chi connectivity index (χ1n) is 8.26. The zero-order chi connectivity index (χ0) is 18.7. The lowest BCUT2D eigenvalue weighted by Gasteiger charge is -2.17. The Morgan fingerprint density at radius 1 is 1.31 bits per heavy atom. The highest BCUT2D eigenvalue weighted by Gasteiger charge is 2.28. The van der Waals surface area contributed by atoms with Gasteiger partial charge in [-0.3, -0.25) is 9.10 Å². The van der Waals surface area contributed by atoms with Crippen LogP contribution in [0.25, 0.3) is 0 Å². The topological polar surface area (TPSA) is 92.5 Å². The number of aryl methyl sites for hydroxylation is 2. The molecule has 9 heteroatoms. The smallest absolute Gasteiger partial charge is 0.235 e. The third-order valence-electron chi connectivity index (χ3n) is 4.20. The van der Waals surface area contributed by atoms with Crippen molar-refractivity contribution in [2.24, 2.45) is 0 Å². The van der Waals surface area contributed by atoms with Gasteiger partial charge in [-0.15, -0.1) is 11.8 Å². The molecule has 2 heterocycles. The highest BCUT2D eigenvalue weighted by Crippen LogP contribution is 2.25. The molecule has 2 aromatic rings. The SMILES string of the molecule is Cc1noc(C)c1CSCC(=O)Nc1ccc(N2CCCS2(=O)=O)cc1. The quantitative estimate of drug-likeness (QED) is 0.808. The zero-order valence-corrected chi connectivity index (χ0v) is 16.3. The van der Waals surface area contributed by atoms with Gasteiger partial charge in [-0.1, -0.05) is 5.16 Å². The molecule has 1 aliphatic rings. The number of hydrogen-bond acceptors (Lipinski definition) is 6. The number of hydrogen-bond donors (Lipinski definition) is 1. The molecule has 7 nitrogen and oxygen atoms in total. The Balaban J connectivity index is 1.52. The number of anilines is 2. The van der Waals surface area contributed by atoms with Crippen molar-refractivity contribution in [2.75, 3.05) is 27.7 Å². The van der Waals surface area contributed by atoms with Crippen LogP contribution in [0.1, 0.15) is 23.4 Å². The number of amides is 1. The van der Waals surface area contributed by atoms with E-state index in [1.807, 2.05) is 13.8 Å². The monoisotopic (exact) mass is 395 g/mol. The molecular formula is C17H21N3O4S2. The Bertz CT molecular complexity index is 872. The molecule has 1 aliphatic heterocycles. The second kappa shape index (κ2) is 7.71. The maximum absolute atomic E-state index is 12.1. The van der Waals surface area contributed by atoms with Crippen LogP contribution in [0.4, 0.5) is 11.4 Å². The highest BCUT2D eigenvalue weighted by molar-refractivity contribution is 7.99. The van der Waals surface area contributed by atoms with Crippen LogP contribution >= 0.6 is 11.8 Å². The van der Waals surface area contributed by atoms with Crippen molar-refractivity contribution in [1.82, 2.24) is 5.16 Å². The molecule has 0 saturated carbocycles. The van der Waals surface area contributed by atoms with E-state index in [9.17, 15) is 13.2 Å². The Morgan fingerprint density at radius 3 is 2.62 bits per heavy atom. The molecular weight excluding hydrogens is 374 g/mol. The minimum absolute atomic E-state index is 0.108. The minimum atomic E-state index is -3.19. The molecule has 3 rings (SSSR count). The van der Waals surface area contributed by atoms with Gasteiger partial charge in [-0.25, -0.2) is 8.42 Å². The Morgan fingerprint density at radius 2 is 2.04 bits per heavy atom. The first kappa shape index (κ1) is 18.8. The lowest BCUT2D eigenvalue weighted by molar-refractivity contribution is -0.113. The lowest BCUT2D eigenvalue weighted by Crippen LogP contribution is -2.25. The number of thioether (sulfide) groups is 1. The molecule has 0 aliphatic carbocycles.